The summed E-state index contributed by atoms with van der Waals surface area (Å²) in [7, 11) is 0. The molecule has 4 heterocycles. The summed E-state index contributed by atoms with van der Waals surface area (Å²) in [6.45, 7) is 0.666. The van der Waals surface area contributed by atoms with Gasteiger partial charge in [0.25, 0.3) is 11.6 Å². The van der Waals surface area contributed by atoms with Gasteiger partial charge in [0.15, 0.2) is 5.58 Å². The molecule has 29 heavy (non-hydrogen) atoms. The Hall–Kier alpha value is -3.59. The standard InChI is InChI=1S/C20H16FN5O3/c21-13-3-5-18-15(8-13)23-20(29-18)24-16-10-28-11-17(16)26-19(27)6-4-14(25-26)12-2-1-7-22-9-12/h1-9,16-17H,10-11H2,(H,23,24). The number of pyridine rings is 1. The summed E-state index contributed by atoms with van der Waals surface area (Å²) in [4.78, 5) is 20.8. The van der Waals surface area contributed by atoms with Gasteiger partial charge in [-0.05, 0) is 30.3 Å². The van der Waals surface area contributed by atoms with Crippen LogP contribution in [0.1, 0.15) is 6.04 Å². The summed E-state index contributed by atoms with van der Waals surface area (Å²) < 4.78 is 26.0. The molecule has 1 N–H and O–H groups in total. The smallest absolute Gasteiger partial charge is 0.296 e. The Morgan fingerprint density at radius 3 is 2.97 bits per heavy atom. The van der Waals surface area contributed by atoms with Gasteiger partial charge in [0.2, 0.25) is 0 Å². The minimum atomic E-state index is -0.387. The maximum atomic E-state index is 13.4. The maximum Gasteiger partial charge on any atom is 0.296 e. The second kappa shape index (κ2) is 7.10. The first kappa shape index (κ1) is 17.5. The molecular weight excluding hydrogens is 377 g/mol. The predicted octanol–water partition coefficient (Wildman–Crippen LogP) is 2.64. The third-order valence-corrected chi connectivity index (χ3v) is 4.81. The summed E-state index contributed by atoms with van der Waals surface area (Å²) in [5.41, 5.74) is 2.10. The molecule has 9 heteroatoms. The van der Waals surface area contributed by atoms with Crippen molar-refractivity contribution in [1.29, 1.82) is 0 Å². The monoisotopic (exact) mass is 393 g/mol. The number of hydrogen-bond acceptors (Lipinski definition) is 7. The number of nitrogens with zero attached hydrogens (tertiary/aromatic N) is 4. The van der Waals surface area contributed by atoms with Gasteiger partial charge in [-0.3, -0.25) is 9.78 Å². The van der Waals surface area contributed by atoms with E-state index in [0.29, 0.717) is 30.0 Å². The lowest BCUT2D eigenvalue weighted by atomic mass is 10.1. The molecule has 0 radical (unpaired) electrons. The van der Waals surface area contributed by atoms with Crippen molar-refractivity contribution in [3.05, 3.63) is 71.0 Å². The quantitative estimate of drug-likeness (QED) is 0.569. The lowest BCUT2D eigenvalue weighted by Crippen LogP contribution is -2.37. The van der Waals surface area contributed by atoms with Crippen LogP contribution in [0.15, 0.2) is 64.1 Å². The van der Waals surface area contributed by atoms with Crippen LogP contribution in [0.25, 0.3) is 22.4 Å². The first-order valence-electron chi connectivity index (χ1n) is 9.08. The molecular formula is C20H16FN5O3. The summed E-state index contributed by atoms with van der Waals surface area (Å²) in [6.07, 6.45) is 3.37. The van der Waals surface area contributed by atoms with Gasteiger partial charge in [-0.2, -0.15) is 10.1 Å². The number of aromatic nitrogens is 4. The Morgan fingerprint density at radius 1 is 1.17 bits per heavy atom. The topological polar surface area (TPSA) is 95.1 Å². The molecule has 1 aliphatic heterocycles. The zero-order chi connectivity index (χ0) is 19.8. The molecule has 1 aromatic carbocycles. The fourth-order valence-electron chi connectivity index (χ4n) is 3.37. The largest absolute Gasteiger partial charge is 0.424 e. The molecule has 8 nitrogen and oxygen atoms in total. The van der Waals surface area contributed by atoms with E-state index in [9.17, 15) is 9.18 Å². The fraction of sp³-hybridized carbons (Fsp3) is 0.200. The lowest BCUT2D eigenvalue weighted by Gasteiger charge is -2.19. The van der Waals surface area contributed by atoms with Crippen LogP contribution in [0.5, 0.6) is 0 Å². The van der Waals surface area contributed by atoms with Crippen molar-refractivity contribution in [3.63, 3.8) is 0 Å². The van der Waals surface area contributed by atoms with Crippen molar-refractivity contribution >= 4 is 17.1 Å². The highest BCUT2D eigenvalue weighted by atomic mass is 19.1. The number of halogens is 1. The Kier molecular flexibility index (Phi) is 4.28. The zero-order valence-corrected chi connectivity index (χ0v) is 15.2. The highest BCUT2D eigenvalue weighted by molar-refractivity contribution is 5.74. The molecule has 5 rings (SSSR count). The van der Waals surface area contributed by atoms with E-state index in [1.165, 1.54) is 28.9 Å². The number of anilines is 1. The molecule has 0 spiro atoms. The zero-order valence-electron chi connectivity index (χ0n) is 15.2. The number of ether oxygens (including phenoxy) is 1. The molecule has 1 fully saturated rings. The maximum absolute atomic E-state index is 13.4. The van der Waals surface area contributed by atoms with E-state index < -0.39 is 0 Å². The Morgan fingerprint density at radius 2 is 2.10 bits per heavy atom. The minimum absolute atomic E-state index is 0.237. The fourth-order valence-corrected chi connectivity index (χ4v) is 3.37. The highest BCUT2D eigenvalue weighted by Crippen LogP contribution is 2.25. The van der Waals surface area contributed by atoms with E-state index in [0.717, 1.165) is 5.56 Å². The first-order chi connectivity index (χ1) is 14.2. The van der Waals surface area contributed by atoms with Gasteiger partial charge in [-0.1, -0.05) is 0 Å². The van der Waals surface area contributed by atoms with Gasteiger partial charge in [-0.15, -0.1) is 0 Å². The Balaban J connectivity index is 1.45. The van der Waals surface area contributed by atoms with Gasteiger partial charge in [-0.25, -0.2) is 9.07 Å². The summed E-state index contributed by atoms with van der Waals surface area (Å²) in [6, 6.07) is 10.6. The Labute approximate surface area is 164 Å². The second-order valence-corrected chi connectivity index (χ2v) is 6.73. The Bertz CT molecular complexity index is 1220. The summed E-state index contributed by atoms with van der Waals surface area (Å²) in [5, 5.41) is 7.66. The summed E-state index contributed by atoms with van der Waals surface area (Å²) in [5.74, 6) is -0.387. The van der Waals surface area contributed by atoms with E-state index in [1.54, 1.807) is 18.5 Å². The van der Waals surface area contributed by atoms with Gasteiger partial charge in [0, 0.05) is 30.1 Å². The van der Waals surface area contributed by atoms with Crippen LogP contribution in [0.2, 0.25) is 0 Å². The van der Waals surface area contributed by atoms with E-state index in [2.05, 4.69) is 20.4 Å². The molecule has 0 bridgehead atoms. The number of oxazole rings is 1. The van der Waals surface area contributed by atoms with Gasteiger partial charge in [0.1, 0.15) is 17.4 Å². The molecule has 1 aliphatic rings. The number of nitrogens with one attached hydrogen (secondary N) is 1. The van der Waals surface area contributed by atoms with Gasteiger partial charge in [0.05, 0.1) is 24.9 Å². The normalized spacial score (nSPS) is 18.9. The lowest BCUT2D eigenvalue weighted by molar-refractivity contribution is 0.182. The second-order valence-electron chi connectivity index (χ2n) is 6.73. The number of hydrogen-bond donors (Lipinski definition) is 1. The van der Waals surface area contributed by atoms with Crippen LogP contribution < -0.4 is 10.9 Å². The average Bonchev–Trinajstić information content (AvgIpc) is 3.35. The number of fused-ring (bicyclic) bond motifs is 1. The average molecular weight is 393 g/mol. The minimum Gasteiger partial charge on any atom is -0.424 e. The van der Waals surface area contributed by atoms with Crippen LogP contribution in [-0.4, -0.2) is 39.0 Å². The molecule has 2 atom stereocenters. The molecule has 0 saturated carbocycles. The van der Waals surface area contributed by atoms with E-state index in [4.69, 9.17) is 9.15 Å². The van der Waals surface area contributed by atoms with Crippen molar-refractivity contribution in [3.8, 4) is 11.3 Å². The third-order valence-electron chi connectivity index (χ3n) is 4.81. The van der Waals surface area contributed by atoms with E-state index in [-0.39, 0.29) is 29.5 Å². The molecule has 2 unspecified atom stereocenters. The predicted molar refractivity (Wildman–Crippen MR) is 103 cm³/mol. The summed E-state index contributed by atoms with van der Waals surface area (Å²) >= 11 is 0. The van der Waals surface area contributed by atoms with Crippen molar-refractivity contribution in [1.82, 2.24) is 19.7 Å². The number of rotatable bonds is 4. The molecule has 0 amide bonds. The van der Waals surface area contributed by atoms with Crippen LogP contribution in [0.3, 0.4) is 0 Å². The van der Waals surface area contributed by atoms with Gasteiger partial charge < -0.3 is 14.5 Å². The van der Waals surface area contributed by atoms with Crippen LogP contribution in [0.4, 0.5) is 10.4 Å². The van der Waals surface area contributed by atoms with E-state index >= 15 is 0 Å². The van der Waals surface area contributed by atoms with Crippen molar-refractivity contribution in [2.24, 2.45) is 0 Å². The first-order valence-corrected chi connectivity index (χ1v) is 9.08. The van der Waals surface area contributed by atoms with Crippen molar-refractivity contribution in [2.75, 3.05) is 18.5 Å². The molecule has 4 aromatic rings. The number of benzene rings is 1. The van der Waals surface area contributed by atoms with Crippen molar-refractivity contribution in [2.45, 2.75) is 12.1 Å². The highest BCUT2D eigenvalue weighted by Gasteiger charge is 2.32. The molecule has 146 valence electrons. The van der Waals surface area contributed by atoms with E-state index in [1.807, 2.05) is 12.1 Å². The van der Waals surface area contributed by atoms with Gasteiger partial charge >= 0.3 is 0 Å². The van der Waals surface area contributed by atoms with Crippen molar-refractivity contribution < 1.29 is 13.5 Å². The van der Waals surface area contributed by atoms with Crippen LogP contribution in [0, 0.1) is 5.82 Å². The molecule has 1 saturated heterocycles. The SMILES string of the molecule is O=c1ccc(-c2cccnc2)nn1C1COCC1Nc1nc2cc(F)ccc2o1. The van der Waals surface area contributed by atoms with Crippen LogP contribution >= 0.6 is 0 Å². The molecule has 0 aliphatic carbocycles. The molecule has 3 aromatic heterocycles. The third kappa shape index (κ3) is 3.36. The van der Waals surface area contributed by atoms with Crippen LogP contribution in [-0.2, 0) is 4.74 Å².